The molecule has 6 heteroatoms. The molecule has 0 spiro atoms. The van der Waals surface area contributed by atoms with Crippen molar-refractivity contribution in [1.29, 1.82) is 0 Å². The zero-order valence-electron chi connectivity index (χ0n) is 6.93. The van der Waals surface area contributed by atoms with E-state index >= 15 is 0 Å². The maximum Gasteiger partial charge on any atom is 0.281 e. The Balaban J connectivity index is 2.74. The van der Waals surface area contributed by atoms with E-state index in [9.17, 15) is 9.59 Å². The summed E-state index contributed by atoms with van der Waals surface area (Å²) in [4.78, 5) is 22.0. The highest BCUT2D eigenvalue weighted by atomic mass is 35.5. The molecule has 0 aromatic carbocycles. The standard InChI is InChI=1S/C7H8Cl2N2O2/c1-4(12)3-11-7(13)6(9)5(8)2-10-11/h10H,2-3H2,1H3. The number of nitrogens with zero attached hydrogens (tertiary/aromatic N) is 1. The molecule has 13 heavy (non-hydrogen) atoms. The van der Waals surface area contributed by atoms with E-state index in [0.29, 0.717) is 0 Å². The Morgan fingerprint density at radius 2 is 2.23 bits per heavy atom. The van der Waals surface area contributed by atoms with Crippen molar-refractivity contribution in [2.45, 2.75) is 6.92 Å². The Morgan fingerprint density at radius 1 is 1.62 bits per heavy atom. The lowest BCUT2D eigenvalue weighted by atomic mass is 10.3. The molecule has 1 N–H and O–H groups in total. The van der Waals surface area contributed by atoms with Gasteiger partial charge >= 0.3 is 0 Å². The second kappa shape index (κ2) is 4.09. The van der Waals surface area contributed by atoms with E-state index in [1.54, 1.807) is 0 Å². The highest BCUT2D eigenvalue weighted by Crippen LogP contribution is 2.18. The van der Waals surface area contributed by atoms with Gasteiger partial charge in [0.15, 0.2) is 5.78 Å². The van der Waals surface area contributed by atoms with Crippen LogP contribution in [0.1, 0.15) is 6.92 Å². The summed E-state index contributed by atoms with van der Waals surface area (Å²) in [7, 11) is 0. The van der Waals surface area contributed by atoms with Gasteiger partial charge in [0.1, 0.15) is 5.03 Å². The number of rotatable bonds is 2. The molecule has 0 fully saturated rings. The molecule has 0 aromatic heterocycles. The lowest BCUT2D eigenvalue weighted by Crippen LogP contribution is -2.49. The monoisotopic (exact) mass is 222 g/mol. The zero-order valence-corrected chi connectivity index (χ0v) is 8.45. The molecule has 0 radical (unpaired) electrons. The molecule has 0 unspecified atom stereocenters. The average molecular weight is 223 g/mol. The second-order valence-electron chi connectivity index (χ2n) is 2.65. The van der Waals surface area contributed by atoms with E-state index < -0.39 is 5.91 Å². The number of amides is 1. The topological polar surface area (TPSA) is 49.4 Å². The first-order chi connectivity index (χ1) is 6.02. The summed E-state index contributed by atoms with van der Waals surface area (Å²) < 4.78 is 0. The highest BCUT2D eigenvalue weighted by Gasteiger charge is 2.25. The van der Waals surface area contributed by atoms with Gasteiger partial charge in [0.2, 0.25) is 0 Å². The number of carbonyl (C=O) groups excluding carboxylic acids is 2. The molecule has 0 aromatic rings. The maximum atomic E-state index is 11.3. The van der Waals surface area contributed by atoms with E-state index in [1.165, 1.54) is 6.92 Å². The van der Waals surface area contributed by atoms with Crippen LogP contribution in [-0.2, 0) is 9.59 Å². The van der Waals surface area contributed by atoms with Gasteiger partial charge in [-0.25, -0.2) is 5.43 Å². The molecule has 0 saturated heterocycles. The predicted molar refractivity (Wildman–Crippen MR) is 49.1 cm³/mol. The first-order valence-electron chi connectivity index (χ1n) is 3.61. The minimum absolute atomic E-state index is 0.000772. The van der Waals surface area contributed by atoms with Crippen molar-refractivity contribution in [1.82, 2.24) is 10.4 Å². The predicted octanol–water partition coefficient (Wildman–Crippen LogP) is 0.611. The fourth-order valence-corrected chi connectivity index (χ4v) is 1.21. The summed E-state index contributed by atoms with van der Waals surface area (Å²) in [5.74, 6) is -0.587. The van der Waals surface area contributed by atoms with E-state index in [-0.39, 0.29) is 28.9 Å². The summed E-state index contributed by atoms with van der Waals surface area (Å²) in [6.45, 7) is 1.67. The van der Waals surface area contributed by atoms with Crippen LogP contribution in [0.4, 0.5) is 0 Å². The van der Waals surface area contributed by atoms with Crippen LogP contribution in [0.2, 0.25) is 0 Å². The number of ketones is 1. The van der Waals surface area contributed by atoms with Gasteiger partial charge in [-0.15, -0.1) is 0 Å². The summed E-state index contributed by atoms with van der Waals surface area (Å²) in [6.07, 6.45) is 0. The van der Waals surface area contributed by atoms with Crippen LogP contribution >= 0.6 is 23.2 Å². The van der Waals surface area contributed by atoms with Crippen LogP contribution in [0.15, 0.2) is 10.1 Å². The molecule has 1 aliphatic rings. The fourth-order valence-electron chi connectivity index (χ4n) is 0.899. The number of Topliss-reactive ketones (excluding diaryl/α,β-unsaturated/α-hetero) is 1. The third-order valence-corrected chi connectivity index (χ3v) is 2.29. The van der Waals surface area contributed by atoms with Crippen LogP contribution in [0.25, 0.3) is 0 Å². The Labute approximate surface area is 85.4 Å². The molecular weight excluding hydrogens is 215 g/mol. The van der Waals surface area contributed by atoms with Gasteiger partial charge in [-0.1, -0.05) is 23.2 Å². The molecule has 0 bridgehead atoms. The van der Waals surface area contributed by atoms with Crippen molar-refractivity contribution in [2.75, 3.05) is 13.1 Å². The van der Waals surface area contributed by atoms with Crippen LogP contribution in [-0.4, -0.2) is 29.8 Å². The highest BCUT2D eigenvalue weighted by molar-refractivity contribution is 6.48. The van der Waals surface area contributed by atoms with Gasteiger partial charge in [0.25, 0.3) is 5.91 Å². The SMILES string of the molecule is CC(=O)CN1NCC(Cl)=C(Cl)C1=O. The summed E-state index contributed by atoms with van der Waals surface area (Å²) in [6, 6.07) is 0. The van der Waals surface area contributed by atoms with Gasteiger partial charge < -0.3 is 0 Å². The number of hydrogen-bond donors (Lipinski definition) is 1. The molecule has 1 aliphatic heterocycles. The van der Waals surface area contributed by atoms with Crippen molar-refractivity contribution in [3.8, 4) is 0 Å². The minimum atomic E-state index is -0.465. The first kappa shape index (κ1) is 10.5. The summed E-state index contributed by atoms with van der Waals surface area (Å²) in [5, 5.41) is 1.39. The van der Waals surface area contributed by atoms with E-state index in [0.717, 1.165) is 5.01 Å². The lowest BCUT2D eigenvalue weighted by molar-refractivity contribution is -0.134. The third-order valence-electron chi connectivity index (χ3n) is 1.48. The average Bonchev–Trinajstić information content (AvgIpc) is 2.06. The van der Waals surface area contributed by atoms with Crippen molar-refractivity contribution >= 4 is 34.9 Å². The maximum absolute atomic E-state index is 11.3. The summed E-state index contributed by atoms with van der Waals surface area (Å²) >= 11 is 11.2. The molecule has 0 saturated carbocycles. The van der Waals surface area contributed by atoms with Crippen molar-refractivity contribution in [3.05, 3.63) is 10.1 Å². The van der Waals surface area contributed by atoms with E-state index in [2.05, 4.69) is 5.43 Å². The van der Waals surface area contributed by atoms with Crippen LogP contribution in [0.3, 0.4) is 0 Å². The Morgan fingerprint density at radius 3 is 2.77 bits per heavy atom. The quantitative estimate of drug-likeness (QED) is 0.746. The van der Waals surface area contributed by atoms with Crippen LogP contribution in [0.5, 0.6) is 0 Å². The molecule has 4 nitrogen and oxygen atoms in total. The smallest absolute Gasteiger partial charge is 0.281 e. The van der Waals surface area contributed by atoms with Gasteiger partial charge in [-0.3, -0.25) is 14.6 Å². The first-order valence-corrected chi connectivity index (χ1v) is 4.37. The molecule has 1 amide bonds. The van der Waals surface area contributed by atoms with Crippen LogP contribution in [0, 0.1) is 0 Å². The normalized spacial score (nSPS) is 18.1. The Bertz CT molecular complexity index is 288. The Hall–Kier alpha value is -0.580. The molecular formula is C7H8Cl2N2O2. The van der Waals surface area contributed by atoms with Gasteiger partial charge in [-0.05, 0) is 6.92 Å². The minimum Gasteiger partial charge on any atom is -0.298 e. The van der Waals surface area contributed by atoms with Crippen LogP contribution < -0.4 is 5.43 Å². The largest absolute Gasteiger partial charge is 0.298 e. The molecule has 0 aliphatic carbocycles. The van der Waals surface area contributed by atoms with Gasteiger partial charge in [-0.2, -0.15) is 0 Å². The fraction of sp³-hybridized carbons (Fsp3) is 0.429. The van der Waals surface area contributed by atoms with Gasteiger partial charge in [0.05, 0.1) is 18.1 Å². The van der Waals surface area contributed by atoms with E-state index in [4.69, 9.17) is 23.2 Å². The molecule has 1 heterocycles. The second-order valence-corrected chi connectivity index (χ2v) is 3.48. The number of nitrogens with one attached hydrogen (secondary N) is 1. The summed E-state index contributed by atoms with van der Waals surface area (Å²) in [5.41, 5.74) is 2.67. The zero-order chi connectivity index (χ0) is 10.0. The van der Waals surface area contributed by atoms with Gasteiger partial charge in [0, 0.05) is 0 Å². The van der Waals surface area contributed by atoms with Crippen molar-refractivity contribution in [3.63, 3.8) is 0 Å². The van der Waals surface area contributed by atoms with Crippen molar-refractivity contribution < 1.29 is 9.59 Å². The third kappa shape index (κ3) is 2.43. The molecule has 0 atom stereocenters. The lowest BCUT2D eigenvalue weighted by Gasteiger charge is -2.26. The number of carbonyl (C=O) groups is 2. The number of hydrazine groups is 1. The number of hydrogen-bond acceptors (Lipinski definition) is 3. The van der Waals surface area contributed by atoms with Crippen molar-refractivity contribution in [2.24, 2.45) is 0 Å². The number of halogens is 2. The Kier molecular flexibility index (Phi) is 3.30. The molecule has 72 valence electrons. The van der Waals surface area contributed by atoms with E-state index in [1.807, 2.05) is 0 Å². The molecule has 1 rings (SSSR count).